The zero-order chi connectivity index (χ0) is 16.3. The molecule has 0 radical (unpaired) electrons. The predicted octanol–water partition coefficient (Wildman–Crippen LogP) is 0.651. The second-order valence-corrected chi connectivity index (χ2v) is 5.20. The average molecular weight is 321 g/mol. The maximum atomic E-state index is 12.5. The number of methoxy groups -OCH3 is 1. The molecule has 0 spiro atoms. The number of carbonyl (C=O) groups excluding carboxylic acids is 2. The van der Waals surface area contributed by atoms with Gasteiger partial charge in [0.15, 0.2) is 0 Å². The van der Waals surface area contributed by atoms with E-state index < -0.39 is 17.4 Å². The fourth-order valence-corrected chi connectivity index (χ4v) is 2.63. The first-order valence-corrected chi connectivity index (χ1v) is 7.61. The molecule has 0 atom stereocenters. The van der Waals surface area contributed by atoms with Crippen LogP contribution in [0.2, 0.25) is 0 Å². The molecule has 0 unspecified atom stereocenters. The van der Waals surface area contributed by atoms with Gasteiger partial charge in [0.2, 0.25) is 0 Å². The monoisotopic (exact) mass is 321 g/mol. The van der Waals surface area contributed by atoms with Crippen molar-refractivity contribution in [1.29, 1.82) is 0 Å². The number of hydrogen-bond acceptors (Lipinski definition) is 6. The first kappa shape index (κ1) is 16.0. The van der Waals surface area contributed by atoms with E-state index in [0.29, 0.717) is 11.0 Å². The molecule has 0 bridgehead atoms. The number of ether oxygens (including phenoxy) is 1. The van der Waals surface area contributed by atoms with Crippen LogP contribution in [-0.2, 0) is 16.1 Å². The number of rotatable bonds is 4. The molecule has 7 nitrogen and oxygen atoms in total. The van der Waals surface area contributed by atoms with Gasteiger partial charge in [-0.1, -0.05) is 0 Å². The van der Waals surface area contributed by atoms with E-state index in [4.69, 9.17) is 0 Å². The maximum Gasteiger partial charge on any atom is 0.325 e. The van der Waals surface area contributed by atoms with Crippen LogP contribution in [0, 0.1) is 0 Å². The van der Waals surface area contributed by atoms with Crippen LogP contribution < -0.4 is 10.9 Å². The highest BCUT2D eigenvalue weighted by Crippen LogP contribution is 2.24. The summed E-state index contributed by atoms with van der Waals surface area (Å²) in [6.07, 6.45) is 3.44. The molecule has 0 aromatic carbocycles. The lowest BCUT2D eigenvalue weighted by Gasteiger charge is -2.12. The van der Waals surface area contributed by atoms with E-state index in [9.17, 15) is 14.4 Å². The van der Waals surface area contributed by atoms with Gasteiger partial charge < -0.3 is 10.1 Å². The maximum absolute atomic E-state index is 12.5. The summed E-state index contributed by atoms with van der Waals surface area (Å²) in [5, 5.41) is 3.06. The molecular weight excluding hydrogens is 306 g/mol. The first-order chi connectivity index (χ1) is 10.5. The molecule has 0 saturated carbocycles. The van der Waals surface area contributed by atoms with Crippen LogP contribution in [0.1, 0.15) is 10.4 Å². The Labute approximate surface area is 130 Å². The van der Waals surface area contributed by atoms with Crippen LogP contribution >= 0.6 is 11.8 Å². The summed E-state index contributed by atoms with van der Waals surface area (Å²) in [5.74, 6) is -1.10. The Morgan fingerprint density at radius 3 is 2.77 bits per heavy atom. The van der Waals surface area contributed by atoms with E-state index in [0.717, 1.165) is 9.46 Å². The Morgan fingerprint density at radius 1 is 1.45 bits per heavy atom. The standard InChI is InChI=1S/C14H15N3O4S/c1-15-13(19)9-6-8-10(22-3)4-5-16-12(8)17(14(9)20)7-11(18)21-2/h4-6H,7H2,1-3H3,(H,15,19). The van der Waals surface area contributed by atoms with Gasteiger partial charge >= 0.3 is 5.97 Å². The number of aromatic nitrogens is 2. The number of amides is 1. The third-order valence-electron chi connectivity index (χ3n) is 3.16. The van der Waals surface area contributed by atoms with Gasteiger partial charge in [0.1, 0.15) is 17.8 Å². The largest absolute Gasteiger partial charge is 0.468 e. The van der Waals surface area contributed by atoms with E-state index >= 15 is 0 Å². The first-order valence-electron chi connectivity index (χ1n) is 6.39. The van der Waals surface area contributed by atoms with Gasteiger partial charge in [-0.05, 0) is 18.4 Å². The third kappa shape index (κ3) is 2.82. The summed E-state index contributed by atoms with van der Waals surface area (Å²) < 4.78 is 5.77. The smallest absolute Gasteiger partial charge is 0.325 e. The molecular formula is C14H15N3O4S. The SMILES string of the molecule is CNC(=O)c1cc2c(SC)ccnc2n(CC(=O)OC)c1=O. The molecule has 1 N–H and O–H groups in total. The van der Waals surface area contributed by atoms with Crippen molar-refractivity contribution < 1.29 is 14.3 Å². The minimum absolute atomic E-state index is 0.0396. The number of nitrogens with one attached hydrogen (secondary N) is 1. The minimum atomic E-state index is -0.589. The molecule has 2 rings (SSSR count). The minimum Gasteiger partial charge on any atom is -0.468 e. The Hall–Kier alpha value is -2.35. The van der Waals surface area contributed by atoms with Gasteiger partial charge in [0.05, 0.1) is 7.11 Å². The summed E-state index contributed by atoms with van der Waals surface area (Å²) in [7, 11) is 2.67. The molecule has 0 aliphatic heterocycles. The van der Waals surface area contributed by atoms with E-state index in [1.807, 2.05) is 6.26 Å². The van der Waals surface area contributed by atoms with E-state index in [-0.39, 0.29) is 12.1 Å². The highest BCUT2D eigenvalue weighted by atomic mass is 32.2. The summed E-state index contributed by atoms with van der Waals surface area (Å²) >= 11 is 1.46. The lowest BCUT2D eigenvalue weighted by Crippen LogP contribution is -2.33. The predicted molar refractivity (Wildman–Crippen MR) is 83.2 cm³/mol. The van der Waals surface area contributed by atoms with Crippen molar-refractivity contribution in [3.8, 4) is 0 Å². The Morgan fingerprint density at radius 2 is 2.18 bits per heavy atom. The molecule has 0 aliphatic rings. The molecule has 8 heteroatoms. The normalized spacial score (nSPS) is 10.5. The van der Waals surface area contributed by atoms with Crippen LogP contribution in [0.3, 0.4) is 0 Å². The molecule has 1 amide bonds. The van der Waals surface area contributed by atoms with Crippen molar-refractivity contribution in [2.75, 3.05) is 20.4 Å². The topological polar surface area (TPSA) is 90.3 Å². The molecule has 2 heterocycles. The molecule has 116 valence electrons. The zero-order valence-electron chi connectivity index (χ0n) is 12.4. The summed E-state index contributed by atoms with van der Waals surface area (Å²) in [5.41, 5.74) is -0.278. The average Bonchev–Trinajstić information content (AvgIpc) is 2.55. The second-order valence-electron chi connectivity index (χ2n) is 4.36. The zero-order valence-corrected chi connectivity index (χ0v) is 13.2. The quantitative estimate of drug-likeness (QED) is 0.657. The lowest BCUT2D eigenvalue weighted by atomic mass is 10.2. The highest BCUT2D eigenvalue weighted by Gasteiger charge is 2.18. The third-order valence-corrected chi connectivity index (χ3v) is 3.95. The fraction of sp³-hybridized carbons (Fsp3) is 0.286. The van der Waals surface area contributed by atoms with Crippen molar-refractivity contribution in [2.24, 2.45) is 0 Å². The van der Waals surface area contributed by atoms with Crippen LogP contribution in [-0.4, -0.2) is 41.8 Å². The second kappa shape index (κ2) is 6.61. The number of hydrogen-bond donors (Lipinski definition) is 1. The molecule has 0 fully saturated rings. The van der Waals surface area contributed by atoms with Gasteiger partial charge in [-0.15, -0.1) is 11.8 Å². The summed E-state index contributed by atoms with van der Waals surface area (Å²) in [6.45, 7) is -0.304. The Balaban J connectivity index is 2.83. The number of thioether (sulfide) groups is 1. The number of fused-ring (bicyclic) bond motifs is 1. The van der Waals surface area contributed by atoms with Crippen LogP contribution in [0.15, 0.2) is 28.0 Å². The number of esters is 1. The van der Waals surface area contributed by atoms with Crippen LogP contribution in [0.5, 0.6) is 0 Å². The Kier molecular flexibility index (Phi) is 4.81. The van der Waals surface area contributed by atoms with Crippen molar-refractivity contribution in [1.82, 2.24) is 14.9 Å². The van der Waals surface area contributed by atoms with Gasteiger partial charge in [-0.3, -0.25) is 19.0 Å². The van der Waals surface area contributed by atoms with Crippen molar-refractivity contribution in [2.45, 2.75) is 11.4 Å². The van der Waals surface area contributed by atoms with Crippen LogP contribution in [0.4, 0.5) is 0 Å². The fourth-order valence-electron chi connectivity index (χ4n) is 2.06. The van der Waals surface area contributed by atoms with E-state index in [1.165, 1.54) is 32.0 Å². The van der Waals surface area contributed by atoms with Gasteiger partial charge in [0.25, 0.3) is 11.5 Å². The summed E-state index contributed by atoms with van der Waals surface area (Å²) in [6, 6.07) is 3.29. The van der Waals surface area contributed by atoms with Gasteiger partial charge in [-0.2, -0.15) is 0 Å². The number of pyridine rings is 2. The van der Waals surface area contributed by atoms with E-state index in [2.05, 4.69) is 15.0 Å². The van der Waals surface area contributed by atoms with Gasteiger partial charge in [-0.25, -0.2) is 4.98 Å². The van der Waals surface area contributed by atoms with Crippen molar-refractivity contribution in [3.63, 3.8) is 0 Å². The number of carbonyl (C=O) groups is 2. The molecule has 0 saturated heterocycles. The summed E-state index contributed by atoms with van der Waals surface area (Å²) in [4.78, 5) is 41.0. The lowest BCUT2D eigenvalue weighted by molar-refractivity contribution is -0.141. The van der Waals surface area contributed by atoms with Gasteiger partial charge in [0, 0.05) is 23.5 Å². The van der Waals surface area contributed by atoms with E-state index in [1.54, 1.807) is 12.3 Å². The molecule has 0 aliphatic carbocycles. The molecule has 2 aromatic heterocycles. The van der Waals surface area contributed by atoms with Crippen molar-refractivity contribution >= 4 is 34.7 Å². The molecule has 22 heavy (non-hydrogen) atoms. The Bertz CT molecular complexity index is 801. The van der Waals surface area contributed by atoms with Crippen molar-refractivity contribution in [3.05, 3.63) is 34.2 Å². The molecule has 2 aromatic rings. The highest BCUT2D eigenvalue weighted by molar-refractivity contribution is 7.98. The number of nitrogens with zero attached hydrogens (tertiary/aromatic N) is 2. The van der Waals surface area contributed by atoms with Crippen LogP contribution in [0.25, 0.3) is 11.0 Å².